The summed E-state index contributed by atoms with van der Waals surface area (Å²) < 4.78 is 9.92. The molecule has 1 saturated heterocycles. The van der Waals surface area contributed by atoms with E-state index in [-0.39, 0.29) is 12.4 Å². The van der Waals surface area contributed by atoms with Crippen LogP contribution in [0.25, 0.3) is 0 Å². The van der Waals surface area contributed by atoms with Crippen LogP contribution >= 0.6 is 12.4 Å². The Labute approximate surface area is 132 Å². The zero-order valence-electron chi connectivity index (χ0n) is 13.3. The van der Waals surface area contributed by atoms with Crippen molar-refractivity contribution in [3.8, 4) is 0 Å². The molecule has 0 radical (unpaired) electrons. The zero-order chi connectivity index (χ0) is 15.2. The quantitative estimate of drug-likeness (QED) is 0.801. The normalized spacial score (nSPS) is 17.3. The highest BCUT2D eigenvalue weighted by molar-refractivity contribution is 5.85. The van der Waals surface area contributed by atoms with Gasteiger partial charge in [0, 0.05) is 6.54 Å². The summed E-state index contributed by atoms with van der Waals surface area (Å²) in [6.07, 6.45) is 2.88. The third kappa shape index (κ3) is 8.12. The highest BCUT2D eigenvalue weighted by atomic mass is 35.5. The lowest BCUT2D eigenvalue weighted by Gasteiger charge is -2.30. The molecule has 124 valence electrons. The molecule has 21 heavy (non-hydrogen) atoms. The molecule has 0 aromatic carbocycles. The van der Waals surface area contributed by atoms with E-state index in [0.29, 0.717) is 6.54 Å². The molecule has 0 saturated carbocycles. The predicted octanol–water partition coefficient (Wildman–Crippen LogP) is 1.96. The molecule has 1 fully saturated rings. The molecule has 1 aliphatic heterocycles. The molecule has 0 aromatic heterocycles. The Morgan fingerprint density at radius 3 is 2.24 bits per heavy atom. The topological polar surface area (TPSA) is 67.9 Å². The molecule has 1 heterocycles. The molecule has 1 unspecified atom stereocenters. The van der Waals surface area contributed by atoms with Gasteiger partial charge in [0.2, 0.25) is 0 Å². The highest BCUT2D eigenvalue weighted by Crippen LogP contribution is 2.10. The van der Waals surface area contributed by atoms with Gasteiger partial charge < -0.3 is 19.7 Å². The van der Waals surface area contributed by atoms with Crippen molar-refractivity contribution in [2.45, 2.75) is 51.7 Å². The molecule has 0 aromatic rings. The van der Waals surface area contributed by atoms with Crippen LogP contribution in [0, 0.1) is 0 Å². The number of hydrogen-bond acceptors (Lipinski definition) is 5. The van der Waals surface area contributed by atoms with Crippen LogP contribution < -0.4 is 5.32 Å². The summed E-state index contributed by atoms with van der Waals surface area (Å²) in [5.74, 6) is -0.443. The van der Waals surface area contributed by atoms with Gasteiger partial charge in [0.25, 0.3) is 0 Å². The van der Waals surface area contributed by atoms with Crippen LogP contribution in [0.4, 0.5) is 4.79 Å². The Kier molecular flexibility index (Phi) is 8.66. The van der Waals surface area contributed by atoms with Crippen LogP contribution in [-0.4, -0.2) is 55.3 Å². The first kappa shape index (κ1) is 20.0. The third-order valence-corrected chi connectivity index (χ3v) is 3.07. The number of hydrogen-bond donors (Lipinski definition) is 1. The number of carbonyl (C=O) groups excluding carboxylic acids is 2. The minimum Gasteiger partial charge on any atom is -0.467 e. The molecular formula is C14H27ClN2O4. The average Bonchev–Trinajstić information content (AvgIpc) is 2.36. The number of rotatable bonds is 4. The van der Waals surface area contributed by atoms with E-state index in [1.807, 2.05) is 0 Å². The summed E-state index contributed by atoms with van der Waals surface area (Å²) in [7, 11) is 1.32. The lowest BCUT2D eigenvalue weighted by Crippen LogP contribution is -2.51. The van der Waals surface area contributed by atoms with Crippen LogP contribution in [0.15, 0.2) is 0 Å². The smallest absolute Gasteiger partial charge is 0.408 e. The van der Waals surface area contributed by atoms with Crippen LogP contribution in [0.5, 0.6) is 0 Å². The Morgan fingerprint density at radius 1 is 1.19 bits per heavy atom. The zero-order valence-corrected chi connectivity index (χ0v) is 14.1. The lowest BCUT2D eigenvalue weighted by molar-refractivity contribution is -0.143. The number of nitrogens with zero attached hydrogens (tertiary/aromatic N) is 1. The second kappa shape index (κ2) is 9.10. The SMILES string of the molecule is COC(=O)C(CN1CCCCC1)NC(=O)OC(C)(C)C.Cl. The van der Waals surface area contributed by atoms with E-state index >= 15 is 0 Å². The predicted molar refractivity (Wildman–Crippen MR) is 82.7 cm³/mol. The van der Waals surface area contributed by atoms with Gasteiger partial charge >= 0.3 is 12.1 Å². The Morgan fingerprint density at radius 2 is 1.76 bits per heavy atom. The number of esters is 1. The monoisotopic (exact) mass is 322 g/mol. The number of alkyl carbamates (subject to hydrolysis) is 1. The Hall–Kier alpha value is -1.01. The molecule has 6 nitrogen and oxygen atoms in total. The van der Waals surface area contributed by atoms with Gasteiger partial charge in [0.05, 0.1) is 7.11 Å². The van der Waals surface area contributed by atoms with Crippen molar-refractivity contribution in [2.24, 2.45) is 0 Å². The number of halogens is 1. The molecule has 1 amide bonds. The molecule has 1 atom stereocenters. The van der Waals surface area contributed by atoms with Gasteiger partial charge in [0.15, 0.2) is 0 Å². The first-order valence-electron chi connectivity index (χ1n) is 7.11. The fraction of sp³-hybridized carbons (Fsp3) is 0.857. The van der Waals surface area contributed by atoms with Crippen molar-refractivity contribution in [3.05, 3.63) is 0 Å². The maximum Gasteiger partial charge on any atom is 0.408 e. The number of amides is 1. The molecule has 1 rings (SSSR count). The Bertz CT molecular complexity index is 338. The summed E-state index contributed by atoms with van der Waals surface area (Å²) in [5.41, 5.74) is -0.587. The number of ether oxygens (including phenoxy) is 2. The van der Waals surface area contributed by atoms with E-state index in [4.69, 9.17) is 9.47 Å². The number of nitrogens with one attached hydrogen (secondary N) is 1. The molecule has 7 heteroatoms. The van der Waals surface area contributed by atoms with E-state index in [1.54, 1.807) is 20.8 Å². The molecule has 1 N–H and O–H groups in total. The molecule has 0 spiro atoms. The van der Waals surface area contributed by atoms with Crippen molar-refractivity contribution < 1.29 is 19.1 Å². The van der Waals surface area contributed by atoms with E-state index in [2.05, 4.69) is 10.2 Å². The highest BCUT2D eigenvalue weighted by Gasteiger charge is 2.27. The minimum absolute atomic E-state index is 0. The molecule has 0 aliphatic carbocycles. The number of likely N-dealkylation sites (tertiary alicyclic amines) is 1. The fourth-order valence-corrected chi connectivity index (χ4v) is 2.17. The fourth-order valence-electron chi connectivity index (χ4n) is 2.17. The van der Waals surface area contributed by atoms with Gasteiger partial charge in [-0.1, -0.05) is 6.42 Å². The van der Waals surface area contributed by atoms with E-state index in [0.717, 1.165) is 25.9 Å². The van der Waals surface area contributed by atoms with Crippen LogP contribution in [0.3, 0.4) is 0 Å². The standard InChI is InChI=1S/C14H26N2O4.ClH/c1-14(2,3)20-13(18)15-11(12(17)19-4)10-16-8-6-5-7-9-16;/h11H,5-10H2,1-4H3,(H,15,18);1H. The summed E-state index contributed by atoms with van der Waals surface area (Å²) in [4.78, 5) is 25.7. The maximum atomic E-state index is 11.8. The third-order valence-electron chi connectivity index (χ3n) is 3.07. The van der Waals surface area contributed by atoms with Gasteiger partial charge in [-0.05, 0) is 46.7 Å². The van der Waals surface area contributed by atoms with Gasteiger partial charge in [0.1, 0.15) is 11.6 Å². The molecular weight excluding hydrogens is 296 g/mol. The first-order chi connectivity index (χ1) is 9.31. The van der Waals surface area contributed by atoms with Crippen molar-refractivity contribution in [3.63, 3.8) is 0 Å². The van der Waals surface area contributed by atoms with Crippen molar-refractivity contribution >= 4 is 24.5 Å². The average molecular weight is 323 g/mol. The lowest BCUT2D eigenvalue weighted by atomic mass is 10.1. The van der Waals surface area contributed by atoms with Crippen molar-refractivity contribution in [1.82, 2.24) is 10.2 Å². The number of piperidine rings is 1. The Balaban J connectivity index is 0.00000400. The van der Waals surface area contributed by atoms with Crippen LogP contribution in [-0.2, 0) is 14.3 Å². The second-order valence-electron chi connectivity index (χ2n) is 6.08. The number of carbonyl (C=O) groups is 2. The van der Waals surface area contributed by atoms with Crippen LogP contribution in [0.1, 0.15) is 40.0 Å². The second-order valence-corrected chi connectivity index (χ2v) is 6.08. The van der Waals surface area contributed by atoms with Crippen LogP contribution in [0.2, 0.25) is 0 Å². The first-order valence-corrected chi connectivity index (χ1v) is 7.11. The van der Waals surface area contributed by atoms with Crippen molar-refractivity contribution in [1.29, 1.82) is 0 Å². The van der Waals surface area contributed by atoms with E-state index in [1.165, 1.54) is 13.5 Å². The summed E-state index contributed by atoms with van der Waals surface area (Å²) >= 11 is 0. The molecule has 0 bridgehead atoms. The minimum atomic E-state index is -0.687. The summed E-state index contributed by atoms with van der Waals surface area (Å²) in [5, 5.41) is 2.59. The summed E-state index contributed by atoms with van der Waals surface area (Å²) in [6, 6.07) is -0.687. The van der Waals surface area contributed by atoms with Gasteiger partial charge in [-0.2, -0.15) is 0 Å². The van der Waals surface area contributed by atoms with Gasteiger partial charge in [-0.25, -0.2) is 9.59 Å². The van der Waals surface area contributed by atoms with Gasteiger partial charge in [-0.3, -0.25) is 0 Å². The van der Waals surface area contributed by atoms with E-state index in [9.17, 15) is 9.59 Å². The molecule has 1 aliphatic rings. The summed E-state index contributed by atoms with van der Waals surface area (Å²) in [6.45, 7) is 7.71. The van der Waals surface area contributed by atoms with Gasteiger partial charge in [-0.15, -0.1) is 12.4 Å². The number of methoxy groups -OCH3 is 1. The van der Waals surface area contributed by atoms with E-state index < -0.39 is 23.7 Å². The van der Waals surface area contributed by atoms with Crippen molar-refractivity contribution in [2.75, 3.05) is 26.7 Å². The maximum absolute atomic E-state index is 11.8. The largest absolute Gasteiger partial charge is 0.467 e.